The van der Waals surface area contributed by atoms with Crippen LogP contribution in [0.15, 0.2) is 36.4 Å². The van der Waals surface area contributed by atoms with Gasteiger partial charge in [0.2, 0.25) is 0 Å². The van der Waals surface area contributed by atoms with Gasteiger partial charge in [-0.1, -0.05) is 12.1 Å². The van der Waals surface area contributed by atoms with E-state index in [2.05, 4.69) is 5.43 Å². The Morgan fingerprint density at radius 3 is 2.45 bits per heavy atom. The SMILES string of the molecule is COc1ccc(C(NN)c2cc(C)cc(F)c2)c(F)c1. The fourth-order valence-corrected chi connectivity index (χ4v) is 2.17. The van der Waals surface area contributed by atoms with E-state index in [1.165, 1.54) is 25.3 Å². The van der Waals surface area contributed by atoms with Crippen LogP contribution < -0.4 is 16.0 Å². The Balaban J connectivity index is 2.46. The van der Waals surface area contributed by atoms with E-state index >= 15 is 0 Å². The first-order chi connectivity index (χ1) is 9.55. The second-order valence-electron chi connectivity index (χ2n) is 4.55. The van der Waals surface area contributed by atoms with Crippen LogP contribution in [0.4, 0.5) is 8.78 Å². The maximum Gasteiger partial charge on any atom is 0.132 e. The summed E-state index contributed by atoms with van der Waals surface area (Å²) in [6, 6.07) is 8.34. The number of nitrogens with two attached hydrogens (primary N) is 1. The molecule has 0 heterocycles. The van der Waals surface area contributed by atoms with Crippen LogP contribution in [0.2, 0.25) is 0 Å². The van der Waals surface area contributed by atoms with E-state index in [1.807, 2.05) is 0 Å². The van der Waals surface area contributed by atoms with Crippen molar-refractivity contribution in [3.63, 3.8) is 0 Å². The molecule has 3 nitrogen and oxygen atoms in total. The number of hydrazine groups is 1. The molecule has 0 aliphatic heterocycles. The smallest absolute Gasteiger partial charge is 0.132 e. The van der Waals surface area contributed by atoms with Gasteiger partial charge in [-0.25, -0.2) is 14.2 Å². The molecule has 2 aromatic carbocycles. The van der Waals surface area contributed by atoms with Gasteiger partial charge in [0.05, 0.1) is 13.2 Å². The molecule has 20 heavy (non-hydrogen) atoms. The largest absolute Gasteiger partial charge is 0.497 e. The predicted octanol–water partition coefficient (Wildman–Crippen LogP) is 2.83. The second kappa shape index (κ2) is 5.98. The van der Waals surface area contributed by atoms with Crippen LogP contribution in [-0.2, 0) is 0 Å². The van der Waals surface area contributed by atoms with Crippen LogP contribution >= 0.6 is 0 Å². The van der Waals surface area contributed by atoms with Crippen molar-refractivity contribution in [3.8, 4) is 5.75 Å². The quantitative estimate of drug-likeness (QED) is 0.668. The number of hydrogen-bond acceptors (Lipinski definition) is 3. The lowest BCUT2D eigenvalue weighted by Gasteiger charge is -2.18. The van der Waals surface area contributed by atoms with Crippen molar-refractivity contribution >= 4 is 0 Å². The maximum atomic E-state index is 14.1. The third-order valence-electron chi connectivity index (χ3n) is 3.08. The number of halogens is 2. The summed E-state index contributed by atoms with van der Waals surface area (Å²) in [5.41, 5.74) is 4.16. The zero-order valence-corrected chi connectivity index (χ0v) is 11.3. The number of ether oxygens (including phenoxy) is 1. The third-order valence-corrected chi connectivity index (χ3v) is 3.08. The van der Waals surface area contributed by atoms with Gasteiger partial charge in [0.15, 0.2) is 0 Å². The molecule has 0 aliphatic carbocycles. The normalized spacial score (nSPS) is 12.2. The summed E-state index contributed by atoms with van der Waals surface area (Å²) in [5.74, 6) is 5.08. The summed E-state index contributed by atoms with van der Waals surface area (Å²) in [6.07, 6.45) is 0. The van der Waals surface area contributed by atoms with Crippen molar-refractivity contribution in [1.82, 2.24) is 5.43 Å². The minimum Gasteiger partial charge on any atom is -0.497 e. The lowest BCUT2D eigenvalue weighted by molar-refractivity contribution is 0.410. The molecule has 106 valence electrons. The summed E-state index contributed by atoms with van der Waals surface area (Å²) >= 11 is 0. The highest BCUT2D eigenvalue weighted by Gasteiger charge is 2.18. The van der Waals surface area contributed by atoms with Crippen molar-refractivity contribution in [3.05, 3.63) is 64.7 Å². The van der Waals surface area contributed by atoms with Crippen LogP contribution in [0.3, 0.4) is 0 Å². The molecule has 0 saturated carbocycles. The van der Waals surface area contributed by atoms with Gasteiger partial charge in [-0.05, 0) is 36.2 Å². The fourth-order valence-electron chi connectivity index (χ4n) is 2.17. The highest BCUT2D eigenvalue weighted by Crippen LogP contribution is 2.27. The van der Waals surface area contributed by atoms with E-state index in [0.717, 1.165) is 5.56 Å². The van der Waals surface area contributed by atoms with Gasteiger partial charge >= 0.3 is 0 Å². The summed E-state index contributed by atoms with van der Waals surface area (Å²) < 4.78 is 32.5. The zero-order valence-electron chi connectivity index (χ0n) is 11.3. The topological polar surface area (TPSA) is 47.3 Å². The zero-order chi connectivity index (χ0) is 14.7. The van der Waals surface area contributed by atoms with Gasteiger partial charge in [-0.15, -0.1) is 0 Å². The predicted molar refractivity (Wildman–Crippen MR) is 73.3 cm³/mol. The molecule has 0 bridgehead atoms. The summed E-state index contributed by atoms with van der Waals surface area (Å²) in [4.78, 5) is 0. The van der Waals surface area contributed by atoms with E-state index in [0.29, 0.717) is 16.9 Å². The van der Waals surface area contributed by atoms with Crippen molar-refractivity contribution in [2.75, 3.05) is 7.11 Å². The Bertz CT molecular complexity index is 597. The molecule has 3 N–H and O–H groups in total. The van der Waals surface area contributed by atoms with Crippen molar-refractivity contribution in [2.24, 2.45) is 5.84 Å². The molecule has 0 saturated heterocycles. The number of rotatable bonds is 4. The fraction of sp³-hybridized carbons (Fsp3) is 0.200. The molecule has 0 aromatic heterocycles. The first-order valence-corrected chi connectivity index (χ1v) is 6.12. The van der Waals surface area contributed by atoms with E-state index < -0.39 is 11.9 Å². The minimum atomic E-state index is -0.629. The molecule has 2 rings (SSSR count). The van der Waals surface area contributed by atoms with Crippen molar-refractivity contribution in [1.29, 1.82) is 0 Å². The minimum absolute atomic E-state index is 0.332. The molecule has 0 aliphatic rings. The monoisotopic (exact) mass is 278 g/mol. The van der Waals surface area contributed by atoms with E-state index in [4.69, 9.17) is 10.6 Å². The Morgan fingerprint density at radius 2 is 1.90 bits per heavy atom. The molecule has 0 spiro atoms. The molecular formula is C15H16F2N2O. The Morgan fingerprint density at radius 1 is 1.15 bits per heavy atom. The van der Waals surface area contributed by atoms with Crippen LogP contribution in [0, 0.1) is 18.6 Å². The van der Waals surface area contributed by atoms with Gasteiger partial charge in [0.1, 0.15) is 17.4 Å². The highest BCUT2D eigenvalue weighted by molar-refractivity contribution is 5.38. The van der Waals surface area contributed by atoms with Crippen LogP contribution in [0.25, 0.3) is 0 Å². The van der Waals surface area contributed by atoms with Gasteiger partial charge in [0.25, 0.3) is 0 Å². The van der Waals surface area contributed by atoms with Gasteiger partial charge < -0.3 is 4.74 Å². The van der Waals surface area contributed by atoms with Crippen LogP contribution in [-0.4, -0.2) is 7.11 Å². The lowest BCUT2D eigenvalue weighted by atomic mass is 9.97. The summed E-state index contributed by atoms with van der Waals surface area (Å²) in [7, 11) is 1.46. The molecule has 5 heteroatoms. The molecule has 1 unspecified atom stereocenters. The van der Waals surface area contributed by atoms with E-state index in [-0.39, 0.29) is 5.82 Å². The van der Waals surface area contributed by atoms with Crippen LogP contribution in [0.5, 0.6) is 5.75 Å². The third kappa shape index (κ3) is 2.95. The Hall–Kier alpha value is -1.98. The first-order valence-electron chi connectivity index (χ1n) is 6.12. The Labute approximate surface area is 116 Å². The number of benzene rings is 2. The molecule has 1 atom stereocenters. The van der Waals surface area contributed by atoms with E-state index in [1.54, 1.807) is 25.1 Å². The maximum absolute atomic E-state index is 14.1. The molecule has 0 radical (unpaired) electrons. The average Bonchev–Trinajstić information content (AvgIpc) is 2.40. The second-order valence-corrected chi connectivity index (χ2v) is 4.55. The first kappa shape index (κ1) is 14.4. The summed E-state index contributed by atoms with van der Waals surface area (Å²) in [5, 5.41) is 0. The lowest BCUT2D eigenvalue weighted by Crippen LogP contribution is -2.29. The standard InChI is InChI=1S/C15H16F2N2O/c1-9-5-10(7-11(16)6-9)15(19-18)13-4-3-12(20-2)8-14(13)17/h3-8,15,19H,18H2,1-2H3. The van der Waals surface area contributed by atoms with Crippen LogP contribution in [0.1, 0.15) is 22.7 Å². The summed E-state index contributed by atoms with van der Waals surface area (Å²) in [6.45, 7) is 1.77. The van der Waals surface area contributed by atoms with Gasteiger partial charge in [0, 0.05) is 11.6 Å². The number of aryl methyl sites for hydroxylation is 1. The number of hydrogen-bond donors (Lipinski definition) is 2. The Kier molecular flexibility index (Phi) is 4.32. The molecular weight excluding hydrogens is 262 g/mol. The van der Waals surface area contributed by atoms with Crippen molar-refractivity contribution < 1.29 is 13.5 Å². The molecule has 0 amide bonds. The molecule has 0 fully saturated rings. The highest BCUT2D eigenvalue weighted by atomic mass is 19.1. The molecule has 2 aromatic rings. The van der Waals surface area contributed by atoms with Gasteiger partial charge in [-0.3, -0.25) is 5.84 Å². The van der Waals surface area contributed by atoms with E-state index in [9.17, 15) is 8.78 Å². The number of methoxy groups -OCH3 is 1. The van der Waals surface area contributed by atoms with Gasteiger partial charge in [-0.2, -0.15) is 0 Å². The average molecular weight is 278 g/mol. The number of nitrogens with one attached hydrogen (secondary N) is 1. The van der Waals surface area contributed by atoms with Crippen molar-refractivity contribution in [2.45, 2.75) is 13.0 Å².